The zero-order chi connectivity index (χ0) is 9.68. The number of pyridine rings is 1. The van der Waals surface area contributed by atoms with Crippen LogP contribution in [0, 0.1) is 0 Å². The Bertz CT molecular complexity index is 283. The van der Waals surface area contributed by atoms with Crippen LogP contribution in [-0.2, 0) is 0 Å². The van der Waals surface area contributed by atoms with E-state index in [1.165, 1.54) is 0 Å². The van der Waals surface area contributed by atoms with Crippen molar-refractivity contribution in [2.75, 3.05) is 24.7 Å². The number of anilines is 2. The Kier molecular flexibility index (Phi) is 3.08. The molecule has 0 spiro atoms. The molecule has 0 atom stereocenters. The minimum Gasteiger partial charge on any atom is -0.387 e. The van der Waals surface area contributed by atoms with Gasteiger partial charge in [0.1, 0.15) is 5.82 Å². The summed E-state index contributed by atoms with van der Waals surface area (Å²) in [6.07, 6.45) is 1.64. The number of carbonyl (C=O) groups excluding carboxylic acids is 1. The van der Waals surface area contributed by atoms with Gasteiger partial charge in [-0.3, -0.25) is 5.32 Å². The summed E-state index contributed by atoms with van der Waals surface area (Å²) >= 11 is 0. The summed E-state index contributed by atoms with van der Waals surface area (Å²) in [5.74, 6) is 0.526. The lowest BCUT2D eigenvalue weighted by atomic mass is 10.4. The quantitative estimate of drug-likeness (QED) is 0.632. The molecule has 1 heterocycles. The maximum Gasteiger partial charge on any atom is 0.320 e. The molecular formula is C8H12N4O. The summed E-state index contributed by atoms with van der Waals surface area (Å²) in [5, 5.41) is 7.92. The molecule has 0 aliphatic carbocycles. The van der Waals surface area contributed by atoms with Gasteiger partial charge in [0, 0.05) is 14.1 Å². The van der Waals surface area contributed by atoms with E-state index in [1.807, 2.05) is 13.1 Å². The fourth-order valence-corrected chi connectivity index (χ4v) is 0.795. The number of carbonyl (C=O) groups is 1. The molecule has 5 heteroatoms. The number of nitrogens with one attached hydrogen (secondary N) is 3. The second-order valence-corrected chi connectivity index (χ2v) is 2.39. The van der Waals surface area contributed by atoms with Gasteiger partial charge < -0.3 is 10.6 Å². The van der Waals surface area contributed by atoms with Gasteiger partial charge in [-0.05, 0) is 12.1 Å². The van der Waals surface area contributed by atoms with Gasteiger partial charge in [-0.1, -0.05) is 0 Å². The monoisotopic (exact) mass is 180 g/mol. The predicted molar refractivity (Wildman–Crippen MR) is 51.9 cm³/mol. The lowest BCUT2D eigenvalue weighted by molar-refractivity contribution is 0.254. The second-order valence-electron chi connectivity index (χ2n) is 2.39. The standard InChI is InChI=1S/C8H12N4O/c1-9-6-3-4-7(11-5-6)12-8(13)10-2/h3-5,9H,1-2H3,(H2,10,11,12,13). The number of urea groups is 1. The topological polar surface area (TPSA) is 66.1 Å². The van der Waals surface area contributed by atoms with Crippen LogP contribution in [0.25, 0.3) is 0 Å². The number of aromatic nitrogens is 1. The van der Waals surface area contributed by atoms with Crippen LogP contribution in [0.3, 0.4) is 0 Å². The number of nitrogens with zero attached hydrogens (tertiary/aromatic N) is 1. The van der Waals surface area contributed by atoms with Gasteiger partial charge in [-0.25, -0.2) is 9.78 Å². The third-order valence-corrected chi connectivity index (χ3v) is 1.52. The Hall–Kier alpha value is -1.78. The molecule has 0 saturated heterocycles. The third-order valence-electron chi connectivity index (χ3n) is 1.52. The van der Waals surface area contributed by atoms with Crippen LogP contribution in [0.15, 0.2) is 18.3 Å². The van der Waals surface area contributed by atoms with Crippen molar-refractivity contribution in [2.45, 2.75) is 0 Å². The zero-order valence-electron chi connectivity index (χ0n) is 7.59. The summed E-state index contributed by atoms with van der Waals surface area (Å²) < 4.78 is 0. The Labute approximate surface area is 76.6 Å². The van der Waals surface area contributed by atoms with Crippen molar-refractivity contribution in [3.05, 3.63) is 18.3 Å². The maximum atomic E-state index is 10.9. The Morgan fingerprint density at radius 3 is 2.62 bits per heavy atom. The molecule has 0 fully saturated rings. The van der Waals surface area contributed by atoms with E-state index < -0.39 is 0 Å². The maximum absolute atomic E-state index is 10.9. The highest BCUT2D eigenvalue weighted by Crippen LogP contribution is 2.07. The van der Waals surface area contributed by atoms with Gasteiger partial charge in [0.2, 0.25) is 0 Å². The Balaban J connectivity index is 2.64. The molecule has 0 aliphatic rings. The predicted octanol–water partition coefficient (Wildman–Crippen LogP) is 0.875. The Morgan fingerprint density at radius 2 is 2.15 bits per heavy atom. The number of hydrogen-bond donors (Lipinski definition) is 3. The highest BCUT2D eigenvalue weighted by atomic mass is 16.2. The molecule has 0 unspecified atom stereocenters. The smallest absolute Gasteiger partial charge is 0.320 e. The molecule has 1 aromatic heterocycles. The van der Waals surface area contributed by atoms with E-state index in [0.29, 0.717) is 5.82 Å². The second kappa shape index (κ2) is 4.30. The molecule has 5 nitrogen and oxygen atoms in total. The van der Waals surface area contributed by atoms with E-state index in [-0.39, 0.29) is 6.03 Å². The number of hydrogen-bond acceptors (Lipinski definition) is 3. The molecule has 1 aromatic rings. The minimum absolute atomic E-state index is 0.273. The first kappa shape index (κ1) is 9.31. The average Bonchev–Trinajstić information content (AvgIpc) is 2.19. The summed E-state index contributed by atoms with van der Waals surface area (Å²) in [6.45, 7) is 0. The fraction of sp³-hybridized carbons (Fsp3) is 0.250. The lowest BCUT2D eigenvalue weighted by Gasteiger charge is -2.03. The highest BCUT2D eigenvalue weighted by molar-refractivity contribution is 5.87. The molecule has 0 aromatic carbocycles. The summed E-state index contributed by atoms with van der Waals surface area (Å²) in [4.78, 5) is 14.9. The number of rotatable bonds is 2. The lowest BCUT2D eigenvalue weighted by Crippen LogP contribution is -2.24. The minimum atomic E-state index is -0.273. The largest absolute Gasteiger partial charge is 0.387 e. The first-order chi connectivity index (χ1) is 6.26. The molecule has 1 rings (SSSR count). The fourth-order valence-electron chi connectivity index (χ4n) is 0.795. The van der Waals surface area contributed by atoms with Gasteiger partial charge in [-0.2, -0.15) is 0 Å². The Morgan fingerprint density at radius 1 is 1.38 bits per heavy atom. The van der Waals surface area contributed by atoms with Crippen LogP contribution < -0.4 is 16.0 Å². The van der Waals surface area contributed by atoms with Crippen molar-refractivity contribution in [1.82, 2.24) is 10.3 Å². The van der Waals surface area contributed by atoms with Crippen molar-refractivity contribution in [3.8, 4) is 0 Å². The zero-order valence-corrected chi connectivity index (χ0v) is 7.59. The van der Waals surface area contributed by atoms with E-state index in [4.69, 9.17) is 0 Å². The van der Waals surface area contributed by atoms with E-state index in [9.17, 15) is 4.79 Å². The van der Waals surface area contributed by atoms with Gasteiger partial charge in [0.05, 0.1) is 11.9 Å². The molecular weight excluding hydrogens is 168 g/mol. The first-order valence-corrected chi connectivity index (χ1v) is 3.89. The van der Waals surface area contributed by atoms with Crippen LogP contribution in [0.2, 0.25) is 0 Å². The van der Waals surface area contributed by atoms with Gasteiger partial charge >= 0.3 is 6.03 Å². The van der Waals surface area contributed by atoms with Crippen LogP contribution in [0.4, 0.5) is 16.3 Å². The first-order valence-electron chi connectivity index (χ1n) is 3.89. The van der Waals surface area contributed by atoms with Crippen LogP contribution in [-0.4, -0.2) is 25.1 Å². The summed E-state index contributed by atoms with van der Waals surface area (Å²) in [5.41, 5.74) is 0.905. The number of amides is 2. The van der Waals surface area contributed by atoms with Crippen LogP contribution >= 0.6 is 0 Å². The molecule has 0 bridgehead atoms. The van der Waals surface area contributed by atoms with Crippen LogP contribution in [0.1, 0.15) is 0 Å². The molecule has 0 radical (unpaired) electrons. The van der Waals surface area contributed by atoms with E-state index in [1.54, 1.807) is 19.3 Å². The molecule has 0 saturated carbocycles. The third kappa shape index (κ3) is 2.62. The van der Waals surface area contributed by atoms with Gasteiger partial charge in [0.25, 0.3) is 0 Å². The van der Waals surface area contributed by atoms with Gasteiger partial charge in [-0.15, -0.1) is 0 Å². The van der Waals surface area contributed by atoms with Crippen molar-refractivity contribution in [1.29, 1.82) is 0 Å². The van der Waals surface area contributed by atoms with E-state index in [0.717, 1.165) is 5.69 Å². The molecule has 0 aliphatic heterocycles. The highest BCUT2D eigenvalue weighted by Gasteiger charge is 1.98. The van der Waals surface area contributed by atoms with Crippen molar-refractivity contribution >= 4 is 17.5 Å². The average molecular weight is 180 g/mol. The van der Waals surface area contributed by atoms with Crippen molar-refractivity contribution in [3.63, 3.8) is 0 Å². The summed E-state index contributed by atoms with van der Waals surface area (Å²) in [7, 11) is 3.36. The molecule has 13 heavy (non-hydrogen) atoms. The SMILES string of the molecule is CNC(=O)Nc1ccc(NC)cn1. The van der Waals surface area contributed by atoms with Crippen molar-refractivity contribution in [2.24, 2.45) is 0 Å². The molecule has 70 valence electrons. The van der Waals surface area contributed by atoms with E-state index >= 15 is 0 Å². The molecule has 3 N–H and O–H groups in total. The van der Waals surface area contributed by atoms with E-state index in [2.05, 4.69) is 20.9 Å². The summed E-state index contributed by atoms with van der Waals surface area (Å²) in [6, 6.07) is 3.28. The van der Waals surface area contributed by atoms with Gasteiger partial charge in [0.15, 0.2) is 0 Å². The van der Waals surface area contributed by atoms with Crippen molar-refractivity contribution < 1.29 is 4.79 Å². The van der Waals surface area contributed by atoms with Crippen LogP contribution in [0.5, 0.6) is 0 Å². The normalized spacial score (nSPS) is 9.08. The molecule has 2 amide bonds.